The zero-order chi connectivity index (χ0) is 21.0. The van der Waals surface area contributed by atoms with Gasteiger partial charge in [0.05, 0.1) is 24.9 Å². The Morgan fingerprint density at radius 3 is 1.93 bits per heavy atom. The number of hydrogen-bond donors (Lipinski definition) is 1. The van der Waals surface area contributed by atoms with Gasteiger partial charge < -0.3 is 14.3 Å². The fraction of sp³-hybridized carbons (Fsp3) is 1.00. The standard InChI is InChI=1S/C24H50O3Si/c1-7-8-9-10-11-12-13-14-15-16-17-23(22-19-18-21(20-25)26-22)27-28(5,6)24(2,3)4/h21-23,25H,7-20H2,1-6H3/t21-,22+,23+/m1/s1. The highest BCUT2D eigenvalue weighted by Crippen LogP contribution is 2.39. The first kappa shape index (κ1) is 26.1. The number of hydrogen-bond acceptors (Lipinski definition) is 3. The van der Waals surface area contributed by atoms with E-state index in [9.17, 15) is 5.11 Å². The molecule has 1 N–H and O–H groups in total. The molecule has 0 aromatic heterocycles. The fourth-order valence-electron chi connectivity index (χ4n) is 3.85. The number of ether oxygens (including phenoxy) is 1. The van der Waals surface area contributed by atoms with E-state index < -0.39 is 8.32 Å². The van der Waals surface area contributed by atoms with Gasteiger partial charge in [0.15, 0.2) is 8.32 Å². The lowest BCUT2D eigenvalue weighted by Gasteiger charge is -2.41. The molecular weight excluding hydrogens is 364 g/mol. The van der Waals surface area contributed by atoms with Crippen LogP contribution in [0.25, 0.3) is 0 Å². The third kappa shape index (κ3) is 9.73. The molecule has 1 heterocycles. The largest absolute Gasteiger partial charge is 0.411 e. The summed E-state index contributed by atoms with van der Waals surface area (Å²) < 4.78 is 12.9. The lowest BCUT2D eigenvalue weighted by Crippen LogP contribution is -2.47. The highest BCUT2D eigenvalue weighted by Gasteiger charge is 2.42. The summed E-state index contributed by atoms with van der Waals surface area (Å²) in [6, 6.07) is 0. The second kappa shape index (κ2) is 13.4. The third-order valence-corrected chi connectivity index (χ3v) is 11.4. The molecule has 0 aliphatic carbocycles. The lowest BCUT2D eigenvalue weighted by molar-refractivity contribution is -0.0468. The van der Waals surface area contributed by atoms with Crippen LogP contribution in [0.2, 0.25) is 18.1 Å². The van der Waals surface area contributed by atoms with Crippen molar-refractivity contribution in [2.24, 2.45) is 0 Å². The summed E-state index contributed by atoms with van der Waals surface area (Å²) in [5.41, 5.74) is 0. The highest BCUT2D eigenvalue weighted by atomic mass is 28.4. The van der Waals surface area contributed by atoms with Crippen molar-refractivity contribution in [3.63, 3.8) is 0 Å². The van der Waals surface area contributed by atoms with Crippen molar-refractivity contribution in [3.8, 4) is 0 Å². The molecular formula is C24H50O3Si. The smallest absolute Gasteiger partial charge is 0.192 e. The maximum absolute atomic E-state index is 9.43. The first-order valence-corrected chi connectivity index (χ1v) is 15.1. The van der Waals surface area contributed by atoms with E-state index in [1.165, 1.54) is 64.2 Å². The Kier molecular flexibility index (Phi) is 12.5. The second-order valence-corrected chi connectivity index (χ2v) is 15.2. The van der Waals surface area contributed by atoms with Gasteiger partial charge >= 0.3 is 0 Å². The van der Waals surface area contributed by atoms with E-state index in [1.54, 1.807) is 0 Å². The minimum Gasteiger partial charge on any atom is -0.411 e. The van der Waals surface area contributed by atoms with Gasteiger partial charge in [-0.2, -0.15) is 0 Å². The topological polar surface area (TPSA) is 38.7 Å². The van der Waals surface area contributed by atoms with Gasteiger partial charge in [0, 0.05) is 0 Å². The molecule has 3 nitrogen and oxygen atoms in total. The summed E-state index contributed by atoms with van der Waals surface area (Å²) in [7, 11) is -1.81. The van der Waals surface area contributed by atoms with E-state index in [0.717, 1.165) is 19.3 Å². The zero-order valence-corrected chi connectivity index (χ0v) is 20.9. The summed E-state index contributed by atoms with van der Waals surface area (Å²) in [6.07, 6.45) is 17.1. The van der Waals surface area contributed by atoms with Gasteiger partial charge in [-0.15, -0.1) is 0 Å². The Labute approximate surface area is 177 Å². The van der Waals surface area contributed by atoms with Crippen molar-refractivity contribution in [2.45, 2.75) is 148 Å². The third-order valence-electron chi connectivity index (χ3n) is 6.85. The van der Waals surface area contributed by atoms with Crippen LogP contribution in [0.4, 0.5) is 0 Å². The maximum Gasteiger partial charge on any atom is 0.192 e. The van der Waals surface area contributed by atoms with Crippen LogP contribution in [-0.2, 0) is 9.16 Å². The average molecular weight is 415 g/mol. The van der Waals surface area contributed by atoms with Crippen molar-refractivity contribution in [1.82, 2.24) is 0 Å². The summed E-state index contributed by atoms with van der Waals surface area (Å²) in [5, 5.41) is 9.66. The molecule has 28 heavy (non-hydrogen) atoms. The molecule has 0 aromatic carbocycles. The van der Waals surface area contributed by atoms with Crippen molar-refractivity contribution in [1.29, 1.82) is 0 Å². The second-order valence-electron chi connectivity index (χ2n) is 10.4. The van der Waals surface area contributed by atoms with Crippen molar-refractivity contribution in [2.75, 3.05) is 6.61 Å². The molecule has 168 valence electrons. The Bertz CT molecular complexity index is 392. The van der Waals surface area contributed by atoms with E-state index in [4.69, 9.17) is 9.16 Å². The van der Waals surface area contributed by atoms with Crippen molar-refractivity contribution < 1.29 is 14.3 Å². The van der Waals surface area contributed by atoms with Crippen LogP contribution in [-0.4, -0.2) is 38.3 Å². The quantitative estimate of drug-likeness (QED) is 0.227. The molecule has 0 spiro atoms. The van der Waals surface area contributed by atoms with Crippen LogP contribution in [0.3, 0.4) is 0 Å². The molecule has 0 aromatic rings. The number of rotatable bonds is 15. The fourth-order valence-corrected chi connectivity index (χ4v) is 5.23. The minimum atomic E-state index is -1.81. The molecule has 1 aliphatic heterocycles. The van der Waals surface area contributed by atoms with Crippen LogP contribution >= 0.6 is 0 Å². The van der Waals surface area contributed by atoms with Crippen LogP contribution in [0, 0.1) is 0 Å². The summed E-state index contributed by atoms with van der Waals surface area (Å²) in [6.45, 7) is 14.0. The van der Waals surface area contributed by atoms with Gasteiger partial charge in [-0.25, -0.2) is 0 Å². The van der Waals surface area contributed by atoms with E-state index >= 15 is 0 Å². The first-order chi connectivity index (χ1) is 13.2. The Hall–Kier alpha value is 0.0969. The predicted molar refractivity (Wildman–Crippen MR) is 124 cm³/mol. The van der Waals surface area contributed by atoms with Crippen LogP contribution in [0.5, 0.6) is 0 Å². The van der Waals surface area contributed by atoms with Crippen LogP contribution in [0.15, 0.2) is 0 Å². The zero-order valence-electron chi connectivity index (χ0n) is 19.9. The number of aliphatic hydroxyl groups is 1. The molecule has 0 amide bonds. The molecule has 0 bridgehead atoms. The van der Waals surface area contributed by atoms with E-state index in [2.05, 4.69) is 40.8 Å². The number of unbranched alkanes of at least 4 members (excludes halogenated alkanes) is 9. The molecule has 0 saturated carbocycles. The van der Waals surface area contributed by atoms with Gasteiger partial charge in [-0.3, -0.25) is 0 Å². The monoisotopic (exact) mass is 414 g/mol. The lowest BCUT2D eigenvalue weighted by atomic mass is 10.0. The average Bonchev–Trinajstić information content (AvgIpc) is 3.10. The van der Waals surface area contributed by atoms with Gasteiger partial charge in [-0.05, 0) is 37.4 Å². The Balaban J connectivity index is 2.36. The summed E-state index contributed by atoms with van der Waals surface area (Å²) >= 11 is 0. The molecule has 1 aliphatic rings. The molecule has 1 saturated heterocycles. The molecule has 1 rings (SSSR count). The van der Waals surface area contributed by atoms with E-state index in [-0.39, 0.29) is 30.0 Å². The van der Waals surface area contributed by atoms with E-state index in [1.807, 2.05) is 0 Å². The SMILES string of the molecule is CCCCCCCCCCCC[C@H](O[Si](C)(C)C(C)(C)C)[C@@H]1CC[C@H](CO)O1. The minimum absolute atomic E-state index is 0.0169. The maximum atomic E-state index is 9.43. The van der Waals surface area contributed by atoms with Gasteiger partial charge in [0.2, 0.25) is 0 Å². The van der Waals surface area contributed by atoms with Gasteiger partial charge in [0.25, 0.3) is 0 Å². The predicted octanol–water partition coefficient (Wildman–Crippen LogP) is 7.23. The van der Waals surface area contributed by atoms with E-state index in [0.29, 0.717) is 0 Å². The molecule has 3 atom stereocenters. The van der Waals surface area contributed by atoms with Crippen molar-refractivity contribution in [3.05, 3.63) is 0 Å². The van der Waals surface area contributed by atoms with Crippen molar-refractivity contribution >= 4 is 8.32 Å². The summed E-state index contributed by atoms with van der Waals surface area (Å²) in [5.74, 6) is 0. The number of aliphatic hydroxyl groups excluding tert-OH is 1. The molecule has 0 radical (unpaired) electrons. The highest BCUT2D eigenvalue weighted by molar-refractivity contribution is 6.74. The molecule has 4 heteroatoms. The molecule has 0 unspecified atom stereocenters. The first-order valence-electron chi connectivity index (χ1n) is 12.2. The van der Waals surface area contributed by atoms with Crippen LogP contribution < -0.4 is 0 Å². The Morgan fingerprint density at radius 2 is 1.46 bits per heavy atom. The summed E-state index contributed by atoms with van der Waals surface area (Å²) in [4.78, 5) is 0. The van der Waals surface area contributed by atoms with Crippen LogP contribution in [0.1, 0.15) is 111 Å². The Morgan fingerprint density at radius 1 is 0.929 bits per heavy atom. The van der Waals surface area contributed by atoms with Gasteiger partial charge in [-0.1, -0.05) is 91.9 Å². The normalized spacial score (nSPS) is 22.0. The molecule has 1 fully saturated rings. The van der Waals surface area contributed by atoms with Gasteiger partial charge in [0.1, 0.15) is 0 Å².